The van der Waals surface area contributed by atoms with E-state index in [1.165, 1.54) is 0 Å². The van der Waals surface area contributed by atoms with Gasteiger partial charge in [-0.2, -0.15) is 5.10 Å². The molecule has 1 saturated carbocycles. The summed E-state index contributed by atoms with van der Waals surface area (Å²) < 4.78 is 0. The zero-order valence-electron chi connectivity index (χ0n) is 6.82. The molecule has 3 nitrogen and oxygen atoms in total. The quantitative estimate of drug-likeness (QED) is 0.600. The van der Waals surface area contributed by atoms with Crippen molar-refractivity contribution in [2.45, 2.75) is 37.8 Å². The lowest BCUT2D eigenvalue weighted by Crippen LogP contribution is -2.51. The first kappa shape index (κ1) is 7.10. The average molecular weight is 154 g/mol. The lowest BCUT2D eigenvalue weighted by molar-refractivity contribution is -0.0750. The summed E-state index contributed by atoms with van der Waals surface area (Å²) in [7, 11) is 0. The minimum absolute atomic E-state index is 0.414. The van der Waals surface area contributed by atoms with Gasteiger partial charge in [0.05, 0.1) is 11.6 Å². The summed E-state index contributed by atoms with van der Waals surface area (Å²) in [5.41, 5.74) is -0.414. The van der Waals surface area contributed by atoms with E-state index in [2.05, 4.69) is 10.1 Å². The molecule has 62 valence electrons. The molecule has 3 heteroatoms. The van der Waals surface area contributed by atoms with Crippen LogP contribution in [-0.2, 0) is 0 Å². The fourth-order valence-electron chi connectivity index (χ4n) is 1.85. The Kier molecular flexibility index (Phi) is 1.42. The molecule has 11 heavy (non-hydrogen) atoms. The fourth-order valence-corrected chi connectivity index (χ4v) is 1.85. The Hall–Kier alpha value is -0.570. The highest BCUT2D eigenvalue weighted by molar-refractivity contribution is 5.58. The van der Waals surface area contributed by atoms with E-state index in [1.807, 2.05) is 13.1 Å². The van der Waals surface area contributed by atoms with Gasteiger partial charge in [0, 0.05) is 19.2 Å². The van der Waals surface area contributed by atoms with Gasteiger partial charge < -0.3 is 5.11 Å². The van der Waals surface area contributed by atoms with Gasteiger partial charge in [-0.3, -0.25) is 5.01 Å². The highest BCUT2D eigenvalue weighted by Gasteiger charge is 2.41. The predicted molar refractivity (Wildman–Crippen MR) is 43.5 cm³/mol. The van der Waals surface area contributed by atoms with E-state index in [-0.39, 0.29) is 0 Å². The molecule has 0 spiro atoms. The highest BCUT2D eigenvalue weighted by Crippen LogP contribution is 2.35. The van der Waals surface area contributed by atoms with Crippen molar-refractivity contribution in [3.63, 3.8) is 0 Å². The van der Waals surface area contributed by atoms with Crippen LogP contribution in [0.3, 0.4) is 0 Å². The average Bonchev–Trinajstić information content (AvgIpc) is 2.32. The summed E-state index contributed by atoms with van der Waals surface area (Å²) in [4.78, 5) is 0. The van der Waals surface area contributed by atoms with Crippen LogP contribution in [0.2, 0.25) is 0 Å². The molecule has 2 aliphatic rings. The van der Waals surface area contributed by atoms with Crippen LogP contribution in [0.5, 0.6) is 0 Å². The second kappa shape index (κ2) is 2.21. The molecule has 1 N–H and O–H groups in total. The second-order valence-corrected chi connectivity index (χ2v) is 3.81. The van der Waals surface area contributed by atoms with Gasteiger partial charge in [-0.25, -0.2) is 0 Å². The lowest BCUT2D eigenvalue weighted by atomic mass is 9.77. The molecule has 1 fully saturated rings. The van der Waals surface area contributed by atoms with Gasteiger partial charge in [0.25, 0.3) is 0 Å². The Morgan fingerprint density at radius 3 is 2.82 bits per heavy atom. The smallest absolute Gasteiger partial charge is 0.0660 e. The molecule has 0 radical (unpaired) electrons. The number of hydrogen-bond acceptors (Lipinski definition) is 3. The Bertz CT molecular complexity index is 181. The Labute approximate surface area is 66.7 Å². The first-order chi connectivity index (χ1) is 5.17. The van der Waals surface area contributed by atoms with Crippen molar-refractivity contribution in [3.05, 3.63) is 0 Å². The predicted octanol–water partition coefficient (Wildman–Crippen LogP) is 0.591. The minimum atomic E-state index is -0.414. The summed E-state index contributed by atoms with van der Waals surface area (Å²) in [6.07, 6.45) is 4.78. The van der Waals surface area contributed by atoms with Crippen molar-refractivity contribution in [2.24, 2.45) is 5.10 Å². The molecule has 0 amide bonds. The molecule has 1 aliphatic carbocycles. The largest absolute Gasteiger partial charge is 0.390 e. The minimum Gasteiger partial charge on any atom is -0.390 e. The standard InChI is InChI=1S/C8H14N2O/c1-8(11)5-7(6-8)10-4-2-3-9-10/h3,7,11H,2,4-6H2,1H3. The summed E-state index contributed by atoms with van der Waals surface area (Å²) in [6, 6.07) is 0.503. The van der Waals surface area contributed by atoms with Gasteiger partial charge in [0.2, 0.25) is 0 Å². The third kappa shape index (κ3) is 1.25. The maximum Gasteiger partial charge on any atom is 0.0660 e. The van der Waals surface area contributed by atoms with E-state index >= 15 is 0 Å². The van der Waals surface area contributed by atoms with Gasteiger partial charge in [0.1, 0.15) is 0 Å². The molecule has 0 saturated heterocycles. The van der Waals surface area contributed by atoms with E-state index in [1.54, 1.807) is 0 Å². The monoisotopic (exact) mass is 154 g/mol. The van der Waals surface area contributed by atoms with E-state index in [4.69, 9.17) is 0 Å². The van der Waals surface area contributed by atoms with Crippen molar-refractivity contribution in [1.29, 1.82) is 0 Å². The molecule has 1 aliphatic heterocycles. The van der Waals surface area contributed by atoms with Crippen molar-refractivity contribution >= 4 is 6.21 Å². The molecular weight excluding hydrogens is 140 g/mol. The summed E-state index contributed by atoms with van der Waals surface area (Å²) in [6.45, 7) is 2.93. The molecule has 0 aromatic carbocycles. The summed E-state index contributed by atoms with van der Waals surface area (Å²) >= 11 is 0. The van der Waals surface area contributed by atoms with Gasteiger partial charge in [0.15, 0.2) is 0 Å². The molecule has 2 rings (SSSR count). The van der Waals surface area contributed by atoms with Gasteiger partial charge >= 0.3 is 0 Å². The number of hydrazone groups is 1. The topological polar surface area (TPSA) is 35.8 Å². The second-order valence-electron chi connectivity index (χ2n) is 3.81. The van der Waals surface area contributed by atoms with Gasteiger partial charge in [-0.1, -0.05) is 0 Å². The van der Waals surface area contributed by atoms with E-state index in [0.29, 0.717) is 6.04 Å². The Balaban J connectivity index is 1.86. The number of rotatable bonds is 1. The van der Waals surface area contributed by atoms with Crippen LogP contribution in [0, 0.1) is 0 Å². The van der Waals surface area contributed by atoms with Crippen LogP contribution in [0.15, 0.2) is 5.10 Å². The van der Waals surface area contributed by atoms with E-state index in [9.17, 15) is 5.11 Å². The summed E-state index contributed by atoms with van der Waals surface area (Å²) in [5.74, 6) is 0. The number of aliphatic hydroxyl groups is 1. The highest BCUT2D eigenvalue weighted by atomic mass is 16.3. The molecule has 0 aromatic rings. The van der Waals surface area contributed by atoms with Gasteiger partial charge in [-0.15, -0.1) is 0 Å². The zero-order valence-corrected chi connectivity index (χ0v) is 6.82. The van der Waals surface area contributed by atoms with E-state index in [0.717, 1.165) is 25.8 Å². The van der Waals surface area contributed by atoms with Crippen molar-refractivity contribution in [3.8, 4) is 0 Å². The normalized spacial score (nSPS) is 42.7. The number of hydrogen-bond donors (Lipinski definition) is 1. The SMILES string of the molecule is CC1(O)CC(N2CCC=N2)C1. The zero-order chi connectivity index (χ0) is 7.90. The Morgan fingerprint density at radius 1 is 1.64 bits per heavy atom. The molecule has 1 heterocycles. The van der Waals surface area contributed by atoms with Crippen molar-refractivity contribution in [1.82, 2.24) is 5.01 Å². The number of nitrogens with zero attached hydrogens (tertiary/aromatic N) is 2. The molecule has 0 unspecified atom stereocenters. The van der Waals surface area contributed by atoms with Crippen LogP contribution in [0.1, 0.15) is 26.2 Å². The van der Waals surface area contributed by atoms with Gasteiger partial charge in [-0.05, 0) is 19.8 Å². The maximum atomic E-state index is 9.47. The molecule has 0 bridgehead atoms. The third-order valence-electron chi connectivity index (χ3n) is 2.49. The van der Waals surface area contributed by atoms with Crippen LogP contribution in [0.4, 0.5) is 0 Å². The van der Waals surface area contributed by atoms with Crippen LogP contribution >= 0.6 is 0 Å². The third-order valence-corrected chi connectivity index (χ3v) is 2.49. The first-order valence-electron chi connectivity index (χ1n) is 4.19. The van der Waals surface area contributed by atoms with Crippen molar-refractivity contribution in [2.75, 3.05) is 6.54 Å². The van der Waals surface area contributed by atoms with Crippen LogP contribution in [0.25, 0.3) is 0 Å². The molecule has 0 aromatic heterocycles. The Morgan fingerprint density at radius 2 is 2.36 bits per heavy atom. The molecule has 0 atom stereocenters. The van der Waals surface area contributed by atoms with Crippen LogP contribution < -0.4 is 0 Å². The first-order valence-corrected chi connectivity index (χ1v) is 4.19. The fraction of sp³-hybridized carbons (Fsp3) is 0.875. The van der Waals surface area contributed by atoms with Crippen molar-refractivity contribution < 1.29 is 5.11 Å². The maximum absolute atomic E-state index is 9.47. The van der Waals surface area contributed by atoms with Crippen LogP contribution in [-0.4, -0.2) is 34.5 Å². The van der Waals surface area contributed by atoms with E-state index < -0.39 is 5.60 Å². The lowest BCUT2D eigenvalue weighted by Gasteiger charge is -2.44. The summed E-state index contributed by atoms with van der Waals surface area (Å²) in [5, 5.41) is 15.8. The molecular formula is C8H14N2O.